The van der Waals surface area contributed by atoms with Gasteiger partial charge in [0, 0.05) is 31.0 Å². The Kier molecular flexibility index (Phi) is 3.11. The fourth-order valence-corrected chi connectivity index (χ4v) is 3.05. The van der Waals surface area contributed by atoms with Gasteiger partial charge in [-0.3, -0.25) is 9.89 Å². The lowest BCUT2D eigenvalue weighted by Crippen LogP contribution is -2.37. The second-order valence-electron chi connectivity index (χ2n) is 5.58. The molecule has 2 aromatic heterocycles. The van der Waals surface area contributed by atoms with Gasteiger partial charge >= 0.3 is 0 Å². The second kappa shape index (κ2) is 5.26. The Balaban J connectivity index is 1.75. The molecule has 1 aliphatic heterocycles. The molecule has 1 saturated heterocycles. The lowest BCUT2D eigenvalue weighted by atomic mass is 9.98. The normalized spacial score (nSPS) is 18.8. The maximum atomic E-state index is 11.9. The van der Waals surface area contributed by atoms with Gasteiger partial charge in [-0.25, -0.2) is 4.98 Å². The lowest BCUT2D eigenvalue weighted by Gasteiger charge is -2.35. The molecular formula is C17H16N4O. The van der Waals surface area contributed by atoms with E-state index in [4.69, 9.17) is 4.98 Å². The highest BCUT2D eigenvalue weighted by Gasteiger charge is 2.30. The standard InChI is InChI=1S/C17H16N4O/c22-13-8-10-21(16(11-13)15-7-9-18-20-15)17-6-5-12-3-1-2-4-14(12)19-17/h1-7,9,16H,8,10-11H2,(H,18,20). The fraction of sp³-hybridized carbons (Fsp3) is 0.235. The number of carbonyl (C=O) groups is 1. The van der Waals surface area contributed by atoms with E-state index >= 15 is 0 Å². The first kappa shape index (κ1) is 13.0. The monoisotopic (exact) mass is 292 g/mol. The van der Waals surface area contributed by atoms with Crippen LogP contribution in [0.5, 0.6) is 0 Å². The van der Waals surface area contributed by atoms with E-state index < -0.39 is 0 Å². The first-order valence-corrected chi connectivity index (χ1v) is 7.45. The first-order valence-electron chi connectivity index (χ1n) is 7.45. The van der Waals surface area contributed by atoms with Crippen LogP contribution in [0.2, 0.25) is 0 Å². The molecule has 1 N–H and O–H groups in total. The smallest absolute Gasteiger partial charge is 0.137 e. The summed E-state index contributed by atoms with van der Waals surface area (Å²) >= 11 is 0. The number of piperidine rings is 1. The van der Waals surface area contributed by atoms with E-state index in [2.05, 4.69) is 27.2 Å². The van der Waals surface area contributed by atoms with Crippen LogP contribution in [0, 0.1) is 0 Å². The van der Waals surface area contributed by atoms with Crippen molar-refractivity contribution >= 4 is 22.5 Å². The number of H-pyrrole nitrogens is 1. The van der Waals surface area contributed by atoms with Crippen molar-refractivity contribution in [2.75, 3.05) is 11.4 Å². The zero-order valence-electron chi connectivity index (χ0n) is 12.1. The van der Waals surface area contributed by atoms with Crippen LogP contribution in [0.25, 0.3) is 10.9 Å². The number of Topliss-reactive ketones (excluding diaryl/α,β-unsaturated/α-hetero) is 1. The third kappa shape index (κ3) is 2.24. The highest BCUT2D eigenvalue weighted by atomic mass is 16.1. The van der Waals surface area contributed by atoms with Gasteiger partial charge in [-0.2, -0.15) is 5.10 Å². The number of carbonyl (C=O) groups excluding carboxylic acids is 1. The number of para-hydroxylation sites is 1. The summed E-state index contributed by atoms with van der Waals surface area (Å²) < 4.78 is 0. The van der Waals surface area contributed by atoms with Crippen LogP contribution < -0.4 is 4.90 Å². The maximum absolute atomic E-state index is 11.9. The van der Waals surface area contributed by atoms with E-state index in [1.165, 1.54) is 0 Å². The van der Waals surface area contributed by atoms with Crippen molar-refractivity contribution in [1.29, 1.82) is 0 Å². The quantitative estimate of drug-likeness (QED) is 0.789. The molecule has 1 unspecified atom stereocenters. The zero-order chi connectivity index (χ0) is 14.9. The molecule has 0 aliphatic carbocycles. The molecule has 5 nitrogen and oxygen atoms in total. The van der Waals surface area contributed by atoms with Gasteiger partial charge in [0.05, 0.1) is 17.3 Å². The number of ketones is 1. The van der Waals surface area contributed by atoms with Crippen LogP contribution in [0.15, 0.2) is 48.7 Å². The van der Waals surface area contributed by atoms with E-state index in [-0.39, 0.29) is 11.8 Å². The summed E-state index contributed by atoms with van der Waals surface area (Å²) in [7, 11) is 0. The van der Waals surface area contributed by atoms with Crippen molar-refractivity contribution in [2.45, 2.75) is 18.9 Å². The van der Waals surface area contributed by atoms with Crippen molar-refractivity contribution in [2.24, 2.45) is 0 Å². The number of aromatic nitrogens is 3. The first-order chi connectivity index (χ1) is 10.8. The van der Waals surface area contributed by atoms with Crippen molar-refractivity contribution in [3.05, 3.63) is 54.4 Å². The van der Waals surface area contributed by atoms with Gasteiger partial charge in [0.2, 0.25) is 0 Å². The minimum atomic E-state index is -0.0163. The van der Waals surface area contributed by atoms with Gasteiger partial charge in [0.1, 0.15) is 11.6 Å². The molecule has 3 heterocycles. The Morgan fingerprint density at radius 2 is 2.05 bits per heavy atom. The molecular weight excluding hydrogens is 276 g/mol. The van der Waals surface area contributed by atoms with Gasteiger partial charge in [-0.05, 0) is 24.3 Å². The average Bonchev–Trinajstić information content (AvgIpc) is 3.09. The van der Waals surface area contributed by atoms with Crippen LogP contribution in [-0.4, -0.2) is 27.5 Å². The number of hydrogen-bond donors (Lipinski definition) is 1. The molecule has 0 spiro atoms. The summed E-state index contributed by atoms with van der Waals surface area (Å²) in [4.78, 5) is 18.8. The number of nitrogens with one attached hydrogen (secondary N) is 1. The van der Waals surface area contributed by atoms with Crippen molar-refractivity contribution in [3.8, 4) is 0 Å². The van der Waals surface area contributed by atoms with Crippen molar-refractivity contribution in [1.82, 2.24) is 15.2 Å². The van der Waals surface area contributed by atoms with Crippen LogP contribution in [-0.2, 0) is 4.79 Å². The summed E-state index contributed by atoms with van der Waals surface area (Å²) in [6, 6.07) is 14.1. The SMILES string of the molecule is O=C1CCN(c2ccc3ccccc3n2)C(c2ccn[nH]2)C1. The van der Waals surface area contributed by atoms with Gasteiger partial charge in [-0.1, -0.05) is 18.2 Å². The summed E-state index contributed by atoms with van der Waals surface area (Å²) in [6.45, 7) is 0.688. The molecule has 1 fully saturated rings. The van der Waals surface area contributed by atoms with Gasteiger partial charge in [0.15, 0.2) is 0 Å². The Labute approximate surface area is 128 Å². The molecule has 1 atom stereocenters. The summed E-state index contributed by atoms with van der Waals surface area (Å²) in [6.07, 6.45) is 2.79. The largest absolute Gasteiger partial charge is 0.347 e. The number of rotatable bonds is 2. The number of aromatic amines is 1. The summed E-state index contributed by atoms with van der Waals surface area (Å²) in [5.41, 5.74) is 1.93. The molecule has 0 saturated carbocycles. The molecule has 4 rings (SSSR count). The Hall–Kier alpha value is -2.69. The maximum Gasteiger partial charge on any atom is 0.137 e. The van der Waals surface area contributed by atoms with Crippen LogP contribution in [0.4, 0.5) is 5.82 Å². The molecule has 1 aromatic carbocycles. The number of hydrogen-bond acceptors (Lipinski definition) is 4. The molecule has 0 amide bonds. The minimum Gasteiger partial charge on any atom is -0.347 e. The van der Waals surface area contributed by atoms with Crippen LogP contribution >= 0.6 is 0 Å². The number of nitrogens with zero attached hydrogens (tertiary/aromatic N) is 3. The Morgan fingerprint density at radius 3 is 2.91 bits per heavy atom. The molecule has 0 bridgehead atoms. The molecule has 22 heavy (non-hydrogen) atoms. The Bertz CT molecular complexity index is 812. The number of anilines is 1. The van der Waals surface area contributed by atoms with Crippen molar-refractivity contribution in [3.63, 3.8) is 0 Å². The lowest BCUT2D eigenvalue weighted by molar-refractivity contribution is -0.120. The minimum absolute atomic E-state index is 0.0163. The van der Waals surface area contributed by atoms with E-state index in [1.54, 1.807) is 6.20 Å². The summed E-state index contributed by atoms with van der Waals surface area (Å²) in [5.74, 6) is 1.20. The van der Waals surface area contributed by atoms with E-state index in [1.807, 2.05) is 30.3 Å². The van der Waals surface area contributed by atoms with Gasteiger partial charge in [0.25, 0.3) is 0 Å². The van der Waals surface area contributed by atoms with Crippen LogP contribution in [0.3, 0.4) is 0 Å². The van der Waals surface area contributed by atoms with Gasteiger partial charge < -0.3 is 4.90 Å². The fourth-order valence-electron chi connectivity index (χ4n) is 3.05. The molecule has 1 aliphatic rings. The molecule has 5 heteroatoms. The topological polar surface area (TPSA) is 61.9 Å². The van der Waals surface area contributed by atoms with E-state index in [0.29, 0.717) is 19.4 Å². The van der Waals surface area contributed by atoms with E-state index in [9.17, 15) is 4.79 Å². The van der Waals surface area contributed by atoms with Gasteiger partial charge in [-0.15, -0.1) is 0 Å². The third-order valence-corrected chi connectivity index (χ3v) is 4.19. The highest BCUT2D eigenvalue weighted by Crippen LogP contribution is 2.32. The zero-order valence-corrected chi connectivity index (χ0v) is 12.1. The van der Waals surface area contributed by atoms with Crippen LogP contribution in [0.1, 0.15) is 24.6 Å². The highest BCUT2D eigenvalue weighted by molar-refractivity contribution is 5.83. The molecule has 3 aromatic rings. The van der Waals surface area contributed by atoms with E-state index in [0.717, 1.165) is 22.4 Å². The Morgan fingerprint density at radius 1 is 1.14 bits per heavy atom. The third-order valence-electron chi connectivity index (χ3n) is 4.19. The predicted molar refractivity (Wildman–Crippen MR) is 84.7 cm³/mol. The summed E-state index contributed by atoms with van der Waals surface area (Å²) in [5, 5.41) is 8.13. The average molecular weight is 292 g/mol. The number of benzene rings is 1. The molecule has 0 radical (unpaired) electrons. The molecule has 110 valence electrons. The second-order valence-corrected chi connectivity index (χ2v) is 5.58. The van der Waals surface area contributed by atoms with Crippen molar-refractivity contribution < 1.29 is 4.79 Å². The number of pyridine rings is 1. The number of fused-ring (bicyclic) bond motifs is 1. The predicted octanol–water partition coefficient (Wildman–Crippen LogP) is 2.87.